The molecule has 4 rings (SSSR count). The van der Waals surface area contributed by atoms with Gasteiger partial charge in [-0.3, -0.25) is 9.88 Å². The second-order valence-corrected chi connectivity index (χ2v) is 8.05. The van der Waals surface area contributed by atoms with Crippen molar-refractivity contribution >= 4 is 11.6 Å². The molecule has 1 aliphatic heterocycles. The van der Waals surface area contributed by atoms with Crippen LogP contribution in [-0.4, -0.2) is 36.1 Å². The summed E-state index contributed by atoms with van der Waals surface area (Å²) in [7, 11) is 0. The van der Waals surface area contributed by atoms with Gasteiger partial charge in [0.25, 0.3) is 0 Å². The highest BCUT2D eigenvalue weighted by molar-refractivity contribution is 6.30. The van der Waals surface area contributed by atoms with E-state index in [0.717, 1.165) is 47.2 Å². The van der Waals surface area contributed by atoms with Crippen molar-refractivity contribution in [2.75, 3.05) is 26.2 Å². The number of ether oxygens (including phenoxy) is 1. The number of hydrogen-bond acceptors (Lipinski definition) is 3. The molecule has 1 aliphatic rings. The Morgan fingerprint density at radius 2 is 1.55 bits per heavy atom. The van der Waals surface area contributed by atoms with Crippen LogP contribution < -0.4 is 4.74 Å². The van der Waals surface area contributed by atoms with E-state index in [1.165, 1.54) is 37.9 Å². The Hall–Kier alpha value is -2.36. The van der Waals surface area contributed by atoms with Gasteiger partial charge in [-0.05, 0) is 67.4 Å². The molecule has 0 aliphatic carbocycles. The van der Waals surface area contributed by atoms with Gasteiger partial charge in [0.1, 0.15) is 12.4 Å². The molecule has 0 radical (unpaired) electrons. The monoisotopic (exact) mass is 406 g/mol. The van der Waals surface area contributed by atoms with Crippen LogP contribution >= 0.6 is 11.6 Å². The Morgan fingerprint density at radius 3 is 2.24 bits per heavy atom. The lowest BCUT2D eigenvalue weighted by atomic mass is 10.1. The maximum atomic E-state index is 5.96. The molecule has 0 unspecified atom stereocenters. The van der Waals surface area contributed by atoms with Crippen LogP contribution in [0.25, 0.3) is 11.1 Å². The molecule has 0 amide bonds. The lowest BCUT2D eigenvalue weighted by Gasteiger charge is -2.26. The number of rotatable bonds is 7. The molecule has 0 saturated carbocycles. The number of aromatic nitrogens is 1. The van der Waals surface area contributed by atoms with E-state index in [2.05, 4.69) is 46.3 Å². The molecule has 2 heterocycles. The van der Waals surface area contributed by atoms with Crippen molar-refractivity contribution in [3.63, 3.8) is 0 Å². The van der Waals surface area contributed by atoms with Crippen molar-refractivity contribution in [3.05, 3.63) is 83.1 Å². The average Bonchev–Trinajstić information content (AvgIpc) is 2.77. The normalized spacial score (nSPS) is 14.7. The summed E-state index contributed by atoms with van der Waals surface area (Å²) >= 11 is 5.96. The molecule has 2 aromatic carbocycles. The maximum Gasteiger partial charge on any atom is 0.119 e. The Bertz CT molecular complexity index is 886. The molecule has 4 heteroatoms. The molecule has 1 fully saturated rings. The van der Waals surface area contributed by atoms with Gasteiger partial charge in [0.05, 0.1) is 0 Å². The SMILES string of the molecule is Clc1ccc(-c2ccc(Cc3ccc(OCCN4CCCCC4)cc3)nc2)cc1. The summed E-state index contributed by atoms with van der Waals surface area (Å²) < 4.78 is 5.92. The first kappa shape index (κ1) is 19.9. The van der Waals surface area contributed by atoms with Crippen LogP contribution in [0.15, 0.2) is 66.9 Å². The highest BCUT2D eigenvalue weighted by atomic mass is 35.5. The summed E-state index contributed by atoms with van der Waals surface area (Å²) in [6, 6.07) is 20.4. The minimum Gasteiger partial charge on any atom is -0.492 e. The van der Waals surface area contributed by atoms with Crippen LogP contribution in [0.4, 0.5) is 0 Å². The zero-order chi connectivity index (χ0) is 19.9. The zero-order valence-corrected chi connectivity index (χ0v) is 17.4. The fraction of sp³-hybridized carbons (Fsp3) is 0.320. The van der Waals surface area contributed by atoms with Crippen molar-refractivity contribution in [1.29, 1.82) is 0 Å². The summed E-state index contributed by atoms with van der Waals surface area (Å²) in [5.74, 6) is 0.941. The van der Waals surface area contributed by atoms with Gasteiger partial charge in [-0.2, -0.15) is 0 Å². The molecule has 3 aromatic rings. The van der Waals surface area contributed by atoms with Crippen LogP contribution in [0.3, 0.4) is 0 Å². The Kier molecular flexibility index (Phi) is 6.81. The molecule has 0 bridgehead atoms. The van der Waals surface area contributed by atoms with Gasteiger partial charge in [-0.15, -0.1) is 0 Å². The number of benzene rings is 2. The average molecular weight is 407 g/mol. The van der Waals surface area contributed by atoms with Crippen LogP contribution in [0.5, 0.6) is 5.75 Å². The van der Waals surface area contributed by atoms with Gasteiger partial charge in [0, 0.05) is 35.4 Å². The minimum absolute atomic E-state index is 0.747. The fourth-order valence-electron chi connectivity index (χ4n) is 3.73. The van der Waals surface area contributed by atoms with E-state index in [1.54, 1.807) is 0 Å². The van der Waals surface area contributed by atoms with E-state index in [1.807, 2.05) is 30.5 Å². The van der Waals surface area contributed by atoms with Crippen LogP contribution in [0, 0.1) is 0 Å². The predicted molar refractivity (Wildman–Crippen MR) is 120 cm³/mol. The second kappa shape index (κ2) is 9.91. The lowest BCUT2D eigenvalue weighted by Crippen LogP contribution is -2.33. The third-order valence-electron chi connectivity index (χ3n) is 5.44. The van der Waals surface area contributed by atoms with Gasteiger partial charge in [0.15, 0.2) is 0 Å². The molecule has 1 saturated heterocycles. The lowest BCUT2D eigenvalue weighted by molar-refractivity contribution is 0.183. The van der Waals surface area contributed by atoms with Crippen molar-refractivity contribution in [2.24, 2.45) is 0 Å². The largest absolute Gasteiger partial charge is 0.492 e. The van der Waals surface area contributed by atoms with Crippen LogP contribution in [-0.2, 0) is 6.42 Å². The number of likely N-dealkylation sites (tertiary alicyclic amines) is 1. The molecule has 150 valence electrons. The molecule has 29 heavy (non-hydrogen) atoms. The first-order valence-corrected chi connectivity index (χ1v) is 10.8. The van der Waals surface area contributed by atoms with E-state index in [4.69, 9.17) is 16.3 Å². The summed E-state index contributed by atoms with van der Waals surface area (Å²) in [5.41, 5.74) is 4.52. The molecule has 3 nitrogen and oxygen atoms in total. The predicted octanol–water partition coefficient (Wildman–Crippen LogP) is 5.86. The Balaban J connectivity index is 1.28. The van der Waals surface area contributed by atoms with Crippen molar-refractivity contribution < 1.29 is 4.74 Å². The third-order valence-corrected chi connectivity index (χ3v) is 5.69. The number of halogens is 1. The standard InChI is InChI=1S/C25H27ClN2O/c26-23-9-6-21(7-10-23)22-8-11-24(27-19-22)18-20-4-12-25(13-5-20)29-17-16-28-14-2-1-3-15-28/h4-13,19H,1-3,14-18H2. The Labute approximate surface area is 178 Å². The maximum absolute atomic E-state index is 5.96. The summed E-state index contributed by atoms with van der Waals surface area (Å²) in [6.07, 6.45) is 6.76. The van der Waals surface area contributed by atoms with Crippen molar-refractivity contribution in [3.8, 4) is 16.9 Å². The molecule has 0 spiro atoms. The van der Waals surface area contributed by atoms with Gasteiger partial charge in [-0.25, -0.2) is 0 Å². The Morgan fingerprint density at radius 1 is 0.828 bits per heavy atom. The van der Waals surface area contributed by atoms with Gasteiger partial charge in [-0.1, -0.05) is 48.4 Å². The number of nitrogens with zero attached hydrogens (tertiary/aromatic N) is 2. The fourth-order valence-corrected chi connectivity index (χ4v) is 3.86. The van der Waals surface area contributed by atoms with Crippen LogP contribution in [0.1, 0.15) is 30.5 Å². The van der Waals surface area contributed by atoms with E-state index < -0.39 is 0 Å². The van der Waals surface area contributed by atoms with Gasteiger partial charge >= 0.3 is 0 Å². The van der Waals surface area contributed by atoms with E-state index >= 15 is 0 Å². The minimum atomic E-state index is 0.747. The number of pyridine rings is 1. The quantitative estimate of drug-likeness (QED) is 0.491. The molecular weight excluding hydrogens is 380 g/mol. The highest BCUT2D eigenvalue weighted by Crippen LogP contribution is 2.22. The molecule has 1 aromatic heterocycles. The highest BCUT2D eigenvalue weighted by Gasteiger charge is 2.09. The number of hydrogen-bond donors (Lipinski definition) is 0. The molecular formula is C25H27ClN2O. The van der Waals surface area contributed by atoms with E-state index in [9.17, 15) is 0 Å². The molecule has 0 N–H and O–H groups in total. The summed E-state index contributed by atoms with van der Waals surface area (Å²) in [5, 5.41) is 0.747. The van der Waals surface area contributed by atoms with E-state index in [-0.39, 0.29) is 0 Å². The summed E-state index contributed by atoms with van der Waals surface area (Å²) in [6.45, 7) is 4.21. The molecule has 0 atom stereocenters. The first-order valence-electron chi connectivity index (χ1n) is 10.4. The van der Waals surface area contributed by atoms with Crippen molar-refractivity contribution in [1.82, 2.24) is 9.88 Å². The second-order valence-electron chi connectivity index (χ2n) is 7.62. The van der Waals surface area contributed by atoms with E-state index in [0.29, 0.717) is 0 Å². The topological polar surface area (TPSA) is 25.4 Å². The first-order chi connectivity index (χ1) is 14.3. The van der Waals surface area contributed by atoms with Crippen molar-refractivity contribution in [2.45, 2.75) is 25.7 Å². The van der Waals surface area contributed by atoms with Gasteiger partial charge < -0.3 is 4.74 Å². The number of piperidine rings is 1. The smallest absolute Gasteiger partial charge is 0.119 e. The van der Waals surface area contributed by atoms with Gasteiger partial charge in [0.2, 0.25) is 0 Å². The summed E-state index contributed by atoms with van der Waals surface area (Å²) in [4.78, 5) is 7.12. The third kappa shape index (κ3) is 5.81. The zero-order valence-electron chi connectivity index (χ0n) is 16.7. The van der Waals surface area contributed by atoms with Crippen LogP contribution in [0.2, 0.25) is 5.02 Å².